The molecular weight excluding hydrogens is 222 g/mol. The molecule has 0 bridgehead atoms. The Morgan fingerprint density at radius 3 is 2.73 bits per heavy atom. The molecule has 1 rings (SSSR count). The summed E-state index contributed by atoms with van der Waals surface area (Å²) in [5.41, 5.74) is -0.774. The topological polar surface area (TPSA) is 75.6 Å². The summed E-state index contributed by atoms with van der Waals surface area (Å²) in [6, 6.07) is -0.972. The third-order valence-electron chi connectivity index (χ3n) is 2.27. The number of cyclic esters (lactones) is 1. The van der Waals surface area contributed by atoms with Crippen LogP contribution in [0.1, 0.15) is 13.8 Å². The summed E-state index contributed by atoms with van der Waals surface area (Å²) in [7, 11) is 0. The number of nitrogens with one attached hydrogen (secondary N) is 1. The van der Waals surface area contributed by atoms with Gasteiger partial charge in [-0.25, -0.2) is 4.79 Å². The van der Waals surface area contributed by atoms with Crippen LogP contribution in [0, 0.1) is 5.41 Å². The molecule has 0 aromatic heterocycles. The van der Waals surface area contributed by atoms with E-state index in [0.717, 1.165) is 0 Å². The van der Waals surface area contributed by atoms with Crippen LogP contribution >= 0.6 is 11.6 Å². The summed E-state index contributed by atoms with van der Waals surface area (Å²) in [5, 5.41) is 11.8. The van der Waals surface area contributed by atoms with Crippen molar-refractivity contribution in [1.82, 2.24) is 5.32 Å². The molecule has 1 heterocycles. The van der Waals surface area contributed by atoms with Crippen LogP contribution in [0.4, 0.5) is 0 Å². The summed E-state index contributed by atoms with van der Waals surface area (Å²) in [6.07, 6.45) is -0.979. The van der Waals surface area contributed by atoms with Crippen molar-refractivity contribution in [1.29, 1.82) is 0 Å². The minimum Gasteiger partial charge on any atom is -0.461 e. The SMILES string of the molecule is CC(C)(CCl)C(=O)N[C@@H]1C(=O)OC[C@@H]1O. The standard InChI is InChI=1S/C9H14ClNO4/c1-9(2,4-10)8(14)11-6-5(12)3-15-7(6)13/h5-6,12H,3-4H2,1-2H3,(H,11,14)/t5-,6-/m0/s1. The van der Waals surface area contributed by atoms with Crippen molar-refractivity contribution in [3.05, 3.63) is 0 Å². The van der Waals surface area contributed by atoms with Crippen molar-refractivity contribution in [2.45, 2.75) is 26.0 Å². The lowest BCUT2D eigenvalue weighted by Crippen LogP contribution is -2.50. The Balaban J connectivity index is 2.62. The molecule has 1 saturated heterocycles. The highest BCUT2D eigenvalue weighted by Crippen LogP contribution is 2.18. The molecule has 1 fully saturated rings. The monoisotopic (exact) mass is 235 g/mol. The van der Waals surface area contributed by atoms with E-state index in [-0.39, 0.29) is 18.4 Å². The molecular formula is C9H14ClNO4. The normalized spacial score (nSPS) is 26.3. The maximum atomic E-state index is 11.6. The van der Waals surface area contributed by atoms with Gasteiger partial charge in [-0.2, -0.15) is 0 Å². The van der Waals surface area contributed by atoms with Gasteiger partial charge in [0.05, 0.1) is 5.41 Å². The average Bonchev–Trinajstić information content (AvgIpc) is 2.49. The molecule has 1 aliphatic heterocycles. The largest absolute Gasteiger partial charge is 0.461 e. The van der Waals surface area contributed by atoms with Crippen molar-refractivity contribution >= 4 is 23.5 Å². The number of carbonyl (C=O) groups excluding carboxylic acids is 2. The van der Waals surface area contributed by atoms with Crippen LogP contribution < -0.4 is 5.32 Å². The van der Waals surface area contributed by atoms with E-state index < -0.39 is 23.5 Å². The third kappa shape index (κ3) is 2.60. The van der Waals surface area contributed by atoms with Crippen molar-refractivity contribution in [3.8, 4) is 0 Å². The lowest BCUT2D eigenvalue weighted by Gasteiger charge is -2.22. The Kier molecular flexibility index (Phi) is 3.57. The number of esters is 1. The minimum absolute atomic E-state index is 0.0783. The summed E-state index contributed by atoms with van der Waals surface area (Å²) >= 11 is 5.61. The Labute approximate surface area is 92.7 Å². The van der Waals surface area contributed by atoms with Crippen molar-refractivity contribution in [2.24, 2.45) is 5.41 Å². The van der Waals surface area contributed by atoms with Gasteiger partial charge in [0.2, 0.25) is 5.91 Å². The van der Waals surface area contributed by atoms with E-state index in [4.69, 9.17) is 11.6 Å². The molecule has 0 aromatic rings. The van der Waals surface area contributed by atoms with Gasteiger partial charge in [-0.15, -0.1) is 11.6 Å². The highest BCUT2D eigenvalue weighted by Gasteiger charge is 2.39. The predicted molar refractivity (Wildman–Crippen MR) is 53.4 cm³/mol. The molecule has 2 atom stereocenters. The zero-order valence-electron chi connectivity index (χ0n) is 8.62. The fourth-order valence-electron chi connectivity index (χ4n) is 1.06. The van der Waals surface area contributed by atoms with Gasteiger partial charge in [-0.3, -0.25) is 4.79 Å². The first-order chi connectivity index (χ1) is 6.88. The van der Waals surface area contributed by atoms with E-state index in [0.29, 0.717) is 0 Å². The smallest absolute Gasteiger partial charge is 0.331 e. The lowest BCUT2D eigenvalue weighted by molar-refractivity contribution is -0.142. The van der Waals surface area contributed by atoms with Gasteiger partial charge in [-0.05, 0) is 13.8 Å². The number of amides is 1. The minimum atomic E-state index is -0.979. The fourth-order valence-corrected chi connectivity index (χ4v) is 1.18. The molecule has 86 valence electrons. The molecule has 5 nitrogen and oxygen atoms in total. The predicted octanol–water partition coefficient (Wildman–Crippen LogP) is -0.346. The number of rotatable bonds is 3. The summed E-state index contributed by atoms with van der Waals surface area (Å²) in [4.78, 5) is 22.7. The molecule has 1 aliphatic rings. The van der Waals surface area contributed by atoms with Gasteiger partial charge in [0.15, 0.2) is 6.04 Å². The quantitative estimate of drug-likeness (QED) is 0.518. The van der Waals surface area contributed by atoms with Gasteiger partial charge < -0.3 is 15.2 Å². The molecule has 2 N–H and O–H groups in total. The molecule has 0 aromatic carbocycles. The summed E-state index contributed by atoms with van der Waals surface area (Å²) in [5.74, 6) is -0.849. The average molecular weight is 236 g/mol. The van der Waals surface area contributed by atoms with Gasteiger partial charge in [0, 0.05) is 5.88 Å². The van der Waals surface area contributed by atoms with Crippen LogP contribution in [0.5, 0.6) is 0 Å². The second-order valence-corrected chi connectivity index (χ2v) is 4.43. The maximum absolute atomic E-state index is 11.6. The second kappa shape index (κ2) is 4.37. The maximum Gasteiger partial charge on any atom is 0.331 e. The summed E-state index contributed by atoms with van der Waals surface area (Å²) in [6.45, 7) is 3.23. The number of alkyl halides is 1. The van der Waals surface area contributed by atoms with Crippen molar-refractivity contribution in [3.63, 3.8) is 0 Å². The number of hydrogen-bond acceptors (Lipinski definition) is 4. The van der Waals surface area contributed by atoms with Crippen molar-refractivity contribution < 1.29 is 19.4 Å². The van der Waals surface area contributed by atoms with Crippen molar-refractivity contribution in [2.75, 3.05) is 12.5 Å². The zero-order chi connectivity index (χ0) is 11.6. The number of ether oxygens (including phenoxy) is 1. The van der Waals surface area contributed by atoms with E-state index in [1.807, 2.05) is 0 Å². The zero-order valence-corrected chi connectivity index (χ0v) is 9.37. The first-order valence-electron chi connectivity index (χ1n) is 4.60. The van der Waals surface area contributed by atoms with E-state index in [1.54, 1.807) is 13.8 Å². The van der Waals surface area contributed by atoms with E-state index in [9.17, 15) is 14.7 Å². The van der Waals surface area contributed by atoms with Crippen LogP contribution in [0.3, 0.4) is 0 Å². The highest BCUT2D eigenvalue weighted by molar-refractivity contribution is 6.19. The van der Waals surface area contributed by atoms with Crippen LogP contribution in [-0.2, 0) is 14.3 Å². The second-order valence-electron chi connectivity index (χ2n) is 4.17. The van der Waals surface area contributed by atoms with Crippen LogP contribution in [0.15, 0.2) is 0 Å². The Morgan fingerprint density at radius 2 is 2.33 bits per heavy atom. The van der Waals surface area contributed by atoms with Gasteiger partial charge >= 0.3 is 5.97 Å². The van der Waals surface area contributed by atoms with Crippen LogP contribution in [-0.4, -0.2) is 41.6 Å². The van der Waals surface area contributed by atoms with Gasteiger partial charge in [0.25, 0.3) is 0 Å². The molecule has 0 unspecified atom stereocenters. The van der Waals surface area contributed by atoms with Gasteiger partial charge in [0.1, 0.15) is 12.7 Å². The Morgan fingerprint density at radius 1 is 1.73 bits per heavy atom. The molecule has 0 aliphatic carbocycles. The number of carbonyl (C=O) groups is 2. The number of hydrogen-bond donors (Lipinski definition) is 2. The van der Waals surface area contributed by atoms with Crippen LogP contribution in [0.25, 0.3) is 0 Å². The first kappa shape index (κ1) is 12.3. The van der Waals surface area contributed by atoms with E-state index >= 15 is 0 Å². The van der Waals surface area contributed by atoms with Gasteiger partial charge in [-0.1, -0.05) is 0 Å². The molecule has 15 heavy (non-hydrogen) atoms. The molecule has 6 heteroatoms. The number of aliphatic hydroxyl groups is 1. The first-order valence-corrected chi connectivity index (χ1v) is 5.13. The highest BCUT2D eigenvalue weighted by atomic mass is 35.5. The lowest BCUT2D eigenvalue weighted by atomic mass is 9.94. The van der Waals surface area contributed by atoms with E-state index in [1.165, 1.54) is 0 Å². The van der Waals surface area contributed by atoms with E-state index in [2.05, 4.69) is 10.1 Å². The Hall–Kier alpha value is -0.810. The Bertz CT molecular complexity index is 279. The molecule has 0 spiro atoms. The molecule has 0 saturated carbocycles. The fraction of sp³-hybridized carbons (Fsp3) is 0.778. The third-order valence-corrected chi connectivity index (χ3v) is 2.94. The van der Waals surface area contributed by atoms with Crippen LogP contribution in [0.2, 0.25) is 0 Å². The summed E-state index contributed by atoms with van der Waals surface area (Å²) < 4.78 is 4.59. The number of aliphatic hydroxyl groups excluding tert-OH is 1. The molecule has 1 amide bonds. The number of halogens is 1. The molecule has 0 radical (unpaired) electrons.